The topological polar surface area (TPSA) is 38.3 Å². The molecule has 2 unspecified atom stereocenters. The molecule has 0 bridgehead atoms. The van der Waals surface area contributed by atoms with Gasteiger partial charge in [-0.15, -0.1) is 0 Å². The lowest BCUT2D eigenvalue weighted by Crippen LogP contribution is -2.35. The van der Waals surface area contributed by atoms with E-state index in [0.29, 0.717) is 17.3 Å². The molecule has 2 atom stereocenters. The van der Waals surface area contributed by atoms with Gasteiger partial charge in [0.05, 0.1) is 12.4 Å². The van der Waals surface area contributed by atoms with Crippen molar-refractivity contribution in [3.05, 3.63) is 28.8 Å². The zero-order chi connectivity index (χ0) is 11.5. The van der Waals surface area contributed by atoms with E-state index in [2.05, 4.69) is 5.32 Å². The van der Waals surface area contributed by atoms with Crippen molar-refractivity contribution >= 4 is 22.4 Å². The Morgan fingerprint density at radius 3 is 3.06 bits per heavy atom. The zero-order valence-electron chi connectivity index (χ0n) is 9.03. The summed E-state index contributed by atoms with van der Waals surface area (Å²) in [5, 5.41) is 3.87. The fraction of sp³-hybridized carbons (Fsp3) is 0.455. The summed E-state index contributed by atoms with van der Waals surface area (Å²) in [4.78, 5) is 0. The fourth-order valence-electron chi connectivity index (χ4n) is 1.85. The van der Waals surface area contributed by atoms with E-state index in [1.807, 2.05) is 12.1 Å². The highest BCUT2D eigenvalue weighted by Crippen LogP contribution is 2.32. The molecule has 3 nitrogen and oxygen atoms in total. The van der Waals surface area contributed by atoms with E-state index in [-0.39, 0.29) is 5.25 Å². The van der Waals surface area contributed by atoms with Gasteiger partial charge in [-0.2, -0.15) is 0 Å². The van der Waals surface area contributed by atoms with Gasteiger partial charge in [-0.3, -0.25) is 4.21 Å². The average molecular weight is 260 g/mol. The molecular formula is C11H14ClNO2S. The number of rotatable bonds is 2. The lowest BCUT2D eigenvalue weighted by Gasteiger charge is -2.24. The zero-order valence-corrected chi connectivity index (χ0v) is 10.6. The molecular weight excluding hydrogens is 246 g/mol. The summed E-state index contributed by atoms with van der Waals surface area (Å²) < 4.78 is 17.2. The molecule has 1 fully saturated rings. The minimum atomic E-state index is -0.850. The van der Waals surface area contributed by atoms with Crippen LogP contribution in [-0.2, 0) is 10.8 Å². The first-order chi connectivity index (χ1) is 7.72. The van der Waals surface area contributed by atoms with Crippen molar-refractivity contribution in [2.45, 2.75) is 5.25 Å². The van der Waals surface area contributed by atoms with Gasteiger partial charge in [0.25, 0.3) is 0 Å². The summed E-state index contributed by atoms with van der Waals surface area (Å²) >= 11 is 5.97. The number of benzene rings is 1. The quantitative estimate of drug-likeness (QED) is 0.879. The van der Waals surface area contributed by atoms with Crippen LogP contribution in [0, 0.1) is 0 Å². The van der Waals surface area contributed by atoms with Crippen molar-refractivity contribution < 1.29 is 8.95 Å². The summed E-state index contributed by atoms with van der Waals surface area (Å²) in [5.41, 5.74) is 0.931. The second-order valence-corrected chi connectivity index (χ2v) is 5.84. The SMILES string of the molecule is COc1ccc(Cl)cc1C1CNCCS1=O. The van der Waals surface area contributed by atoms with Crippen molar-refractivity contribution in [3.8, 4) is 5.75 Å². The molecule has 2 rings (SSSR count). The van der Waals surface area contributed by atoms with E-state index < -0.39 is 10.8 Å². The summed E-state index contributed by atoms with van der Waals surface area (Å²) in [7, 11) is 0.767. The smallest absolute Gasteiger partial charge is 0.123 e. The number of methoxy groups -OCH3 is 1. The van der Waals surface area contributed by atoms with E-state index in [4.69, 9.17) is 16.3 Å². The van der Waals surface area contributed by atoms with E-state index >= 15 is 0 Å². The Bertz CT molecular complexity index is 411. The molecule has 1 aliphatic heterocycles. The molecule has 0 radical (unpaired) electrons. The molecule has 1 aromatic rings. The van der Waals surface area contributed by atoms with E-state index in [1.54, 1.807) is 13.2 Å². The predicted molar refractivity (Wildman–Crippen MR) is 66.6 cm³/mol. The number of ether oxygens (including phenoxy) is 1. The van der Waals surface area contributed by atoms with Gasteiger partial charge in [-0.1, -0.05) is 11.6 Å². The van der Waals surface area contributed by atoms with Crippen LogP contribution in [0.25, 0.3) is 0 Å². The maximum absolute atomic E-state index is 11.9. The van der Waals surface area contributed by atoms with Crippen LogP contribution < -0.4 is 10.1 Å². The molecule has 0 aromatic heterocycles. The lowest BCUT2D eigenvalue weighted by molar-refractivity contribution is 0.408. The van der Waals surface area contributed by atoms with E-state index in [1.165, 1.54) is 0 Å². The molecule has 5 heteroatoms. The van der Waals surface area contributed by atoms with Gasteiger partial charge >= 0.3 is 0 Å². The van der Waals surface area contributed by atoms with E-state index in [0.717, 1.165) is 17.9 Å². The summed E-state index contributed by atoms with van der Waals surface area (Å²) in [5.74, 6) is 1.44. The minimum absolute atomic E-state index is 0.0256. The van der Waals surface area contributed by atoms with Crippen molar-refractivity contribution in [1.82, 2.24) is 5.32 Å². The van der Waals surface area contributed by atoms with Crippen molar-refractivity contribution in [1.29, 1.82) is 0 Å². The maximum atomic E-state index is 11.9. The Kier molecular flexibility index (Phi) is 3.84. The van der Waals surface area contributed by atoms with Crippen molar-refractivity contribution in [2.75, 3.05) is 26.0 Å². The molecule has 1 aromatic carbocycles. The molecule has 88 valence electrons. The molecule has 16 heavy (non-hydrogen) atoms. The van der Waals surface area contributed by atoms with Crippen molar-refractivity contribution in [3.63, 3.8) is 0 Å². The Morgan fingerprint density at radius 2 is 2.38 bits per heavy atom. The second kappa shape index (κ2) is 5.17. The van der Waals surface area contributed by atoms with Gasteiger partial charge in [0, 0.05) is 40.2 Å². The summed E-state index contributed by atoms with van der Waals surface area (Å²) in [6.07, 6.45) is 0. The largest absolute Gasteiger partial charge is 0.496 e. The van der Waals surface area contributed by atoms with Crippen LogP contribution in [0.15, 0.2) is 18.2 Å². The Morgan fingerprint density at radius 1 is 1.56 bits per heavy atom. The van der Waals surface area contributed by atoms with Gasteiger partial charge in [-0.05, 0) is 18.2 Å². The molecule has 1 N–H and O–H groups in total. The minimum Gasteiger partial charge on any atom is -0.496 e. The molecule has 1 aliphatic rings. The fourth-order valence-corrected chi connectivity index (χ4v) is 3.43. The van der Waals surface area contributed by atoms with E-state index in [9.17, 15) is 4.21 Å². The molecule has 0 amide bonds. The Labute approximate surface area is 103 Å². The number of halogens is 1. The Hall–Kier alpha value is -0.580. The first-order valence-corrected chi connectivity index (χ1v) is 6.89. The Balaban J connectivity index is 2.36. The monoisotopic (exact) mass is 259 g/mol. The lowest BCUT2D eigenvalue weighted by atomic mass is 10.1. The van der Waals surface area contributed by atoms with Gasteiger partial charge in [0.1, 0.15) is 5.75 Å². The van der Waals surface area contributed by atoms with Crippen molar-refractivity contribution in [2.24, 2.45) is 0 Å². The summed E-state index contributed by atoms with van der Waals surface area (Å²) in [6.45, 7) is 1.52. The first-order valence-electron chi connectivity index (χ1n) is 5.13. The van der Waals surface area contributed by atoms with Gasteiger partial charge < -0.3 is 10.1 Å². The third-order valence-electron chi connectivity index (χ3n) is 2.67. The summed E-state index contributed by atoms with van der Waals surface area (Å²) in [6, 6.07) is 5.45. The normalized spacial score (nSPS) is 25.4. The molecule has 1 saturated heterocycles. The van der Waals surface area contributed by atoms with Gasteiger partial charge in [0.2, 0.25) is 0 Å². The highest BCUT2D eigenvalue weighted by atomic mass is 35.5. The molecule has 0 aliphatic carbocycles. The van der Waals surface area contributed by atoms with Gasteiger partial charge in [0.15, 0.2) is 0 Å². The second-order valence-electron chi connectivity index (χ2n) is 3.66. The highest BCUT2D eigenvalue weighted by Gasteiger charge is 2.25. The van der Waals surface area contributed by atoms with Crippen LogP contribution in [0.5, 0.6) is 5.75 Å². The first kappa shape index (κ1) is 11.9. The van der Waals surface area contributed by atoms with Crippen LogP contribution in [0.2, 0.25) is 5.02 Å². The van der Waals surface area contributed by atoms with Crippen LogP contribution in [0.3, 0.4) is 0 Å². The average Bonchev–Trinajstić information content (AvgIpc) is 2.29. The number of hydrogen-bond donors (Lipinski definition) is 1. The van der Waals surface area contributed by atoms with Crippen LogP contribution in [-0.4, -0.2) is 30.2 Å². The van der Waals surface area contributed by atoms with Crippen LogP contribution in [0.1, 0.15) is 10.8 Å². The van der Waals surface area contributed by atoms with Crippen LogP contribution >= 0.6 is 11.6 Å². The number of nitrogens with one attached hydrogen (secondary N) is 1. The predicted octanol–water partition coefficient (Wildman–Crippen LogP) is 1.74. The highest BCUT2D eigenvalue weighted by molar-refractivity contribution is 7.85. The molecule has 0 spiro atoms. The van der Waals surface area contributed by atoms with Crippen LogP contribution in [0.4, 0.5) is 0 Å². The third kappa shape index (κ3) is 2.39. The third-order valence-corrected chi connectivity index (χ3v) is 4.56. The maximum Gasteiger partial charge on any atom is 0.123 e. The van der Waals surface area contributed by atoms with Gasteiger partial charge in [-0.25, -0.2) is 0 Å². The standard InChI is InChI=1S/C11H14ClNO2S/c1-15-10-3-2-8(12)6-9(10)11-7-13-4-5-16(11)14/h2-3,6,11,13H,4-5,7H2,1H3. The molecule has 1 heterocycles. The number of hydrogen-bond acceptors (Lipinski definition) is 3. The molecule has 0 saturated carbocycles.